The van der Waals surface area contributed by atoms with Crippen LogP contribution in [0, 0.1) is 11.3 Å². The van der Waals surface area contributed by atoms with E-state index in [0.29, 0.717) is 22.7 Å². The molecule has 5 unspecified atom stereocenters. The lowest BCUT2D eigenvalue weighted by atomic mass is 9.85. The van der Waals surface area contributed by atoms with Gasteiger partial charge < -0.3 is 30.1 Å². The van der Waals surface area contributed by atoms with Gasteiger partial charge in [0.2, 0.25) is 11.8 Å². The number of benzene rings is 1. The molecule has 14 nitrogen and oxygen atoms in total. The number of nitrogens with zero attached hydrogens (tertiary/aromatic N) is 5. The lowest BCUT2D eigenvalue weighted by Crippen LogP contribution is -2.59. The van der Waals surface area contributed by atoms with E-state index in [-0.39, 0.29) is 19.4 Å². The van der Waals surface area contributed by atoms with E-state index in [1.807, 2.05) is 30.3 Å². The third-order valence-corrected chi connectivity index (χ3v) is 8.92. The monoisotopic (exact) mass is 687 g/mol. The Hall–Kier alpha value is -5.27. The van der Waals surface area contributed by atoms with Crippen molar-refractivity contribution >= 4 is 23.9 Å². The van der Waals surface area contributed by atoms with E-state index in [1.165, 1.54) is 15.8 Å². The van der Waals surface area contributed by atoms with Crippen LogP contribution in [-0.2, 0) is 19.1 Å². The number of hydrogen-bond acceptors (Lipinski definition) is 9. The van der Waals surface area contributed by atoms with Crippen LogP contribution in [0.2, 0.25) is 0 Å². The van der Waals surface area contributed by atoms with Gasteiger partial charge in [-0.15, -0.1) is 6.58 Å². The van der Waals surface area contributed by atoms with E-state index in [9.17, 15) is 24.3 Å². The van der Waals surface area contributed by atoms with Crippen molar-refractivity contribution in [1.82, 2.24) is 35.5 Å². The Morgan fingerprint density at radius 2 is 1.70 bits per heavy atom. The van der Waals surface area contributed by atoms with Crippen LogP contribution in [0.3, 0.4) is 0 Å². The zero-order valence-corrected chi connectivity index (χ0v) is 29.5. The second kappa shape index (κ2) is 13.6. The number of hydrogen-bond donors (Lipinski definition) is 3. The highest BCUT2D eigenvalue weighted by Crippen LogP contribution is 2.45. The molecule has 5 atom stereocenters. The number of aliphatic carboxylic acids is 1. The van der Waals surface area contributed by atoms with Gasteiger partial charge in [0.15, 0.2) is 0 Å². The number of methoxy groups -OCH3 is 1. The molecule has 1 saturated carbocycles. The summed E-state index contributed by atoms with van der Waals surface area (Å²) in [6, 6.07) is 8.23. The van der Waals surface area contributed by atoms with Gasteiger partial charge in [0.1, 0.15) is 40.4 Å². The molecular weight excluding hydrogens is 642 g/mol. The lowest BCUT2D eigenvalue weighted by Gasteiger charge is -2.36. The number of carbonyl (C=O) groups is 4. The number of rotatable bonds is 10. The van der Waals surface area contributed by atoms with Crippen LogP contribution >= 0.6 is 0 Å². The molecule has 50 heavy (non-hydrogen) atoms. The van der Waals surface area contributed by atoms with E-state index in [2.05, 4.69) is 22.2 Å². The number of amides is 3. The van der Waals surface area contributed by atoms with Gasteiger partial charge in [-0.25, -0.2) is 9.59 Å². The van der Waals surface area contributed by atoms with Gasteiger partial charge in [-0.3, -0.25) is 14.6 Å². The van der Waals surface area contributed by atoms with Crippen LogP contribution < -0.4 is 15.4 Å². The molecule has 2 fully saturated rings. The largest absolute Gasteiger partial charge is 0.497 e. The van der Waals surface area contributed by atoms with Gasteiger partial charge in [0, 0.05) is 42.4 Å². The summed E-state index contributed by atoms with van der Waals surface area (Å²) >= 11 is 0. The fourth-order valence-electron chi connectivity index (χ4n) is 6.16. The molecule has 14 heteroatoms. The Kier molecular flexibility index (Phi) is 9.77. The first-order valence-corrected chi connectivity index (χ1v) is 16.5. The first-order valence-electron chi connectivity index (χ1n) is 16.5. The minimum Gasteiger partial charge on any atom is -0.497 e. The van der Waals surface area contributed by atoms with Crippen molar-refractivity contribution in [2.75, 3.05) is 13.7 Å². The number of carbonyl (C=O) groups excluding carboxylic acids is 3. The quantitative estimate of drug-likeness (QED) is 0.261. The maximum atomic E-state index is 14.5. The van der Waals surface area contributed by atoms with Crippen molar-refractivity contribution < 1.29 is 33.8 Å². The molecule has 0 spiro atoms. The molecule has 3 aromatic rings. The number of carboxylic acids is 1. The summed E-state index contributed by atoms with van der Waals surface area (Å²) in [5, 5.41) is 25.2. The predicted molar refractivity (Wildman–Crippen MR) is 184 cm³/mol. The highest BCUT2D eigenvalue weighted by Gasteiger charge is 2.61. The summed E-state index contributed by atoms with van der Waals surface area (Å²) in [6.45, 7) is 14.3. The molecule has 266 valence electrons. The topological polar surface area (TPSA) is 178 Å². The van der Waals surface area contributed by atoms with Crippen molar-refractivity contribution in [2.45, 2.75) is 83.6 Å². The van der Waals surface area contributed by atoms with Crippen LogP contribution in [0.15, 0.2) is 61.4 Å². The Bertz CT molecular complexity index is 1760. The number of nitrogens with one attached hydrogen (secondary N) is 2. The Balaban J connectivity index is 1.53. The molecular formula is C36H45N7O7. The van der Waals surface area contributed by atoms with Gasteiger partial charge in [-0.1, -0.05) is 26.8 Å². The normalized spacial score (nSPS) is 22.3. The zero-order valence-electron chi connectivity index (χ0n) is 29.5. The maximum Gasteiger partial charge on any atom is 0.408 e. The summed E-state index contributed by atoms with van der Waals surface area (Å²) in [5.41, 5.74) is -0.536. The van der Waals surface area contributed by atoms with E-state index in [1.54, 1.807) is 67.1 Å². The smallest absolute Gasteiger partial charge is 0.408 e. The van der Waals surface area contributed by atoms with Crippen LogP contribution in [0.5, 0.6) is 5.75 Å². The number of alkyl carbamates (subject to hydrolysis) is 1. The molecule has 2 aromatic heterocycles. The van der Waals surface area contributed by atoms with Crippen molar-refractivity contribution in [1.29, 1.82) is 0 Å². The van der Waals surface area contributed by atoms with Crippen LogP contribution in [0.1, 0.15) is 60.4 Å². The third kappa shape index (κ3) is 7.48. The fraction of sp³-hybridized carbons (Fsp3) is 0.472. The van der Waals surface area contributed by atoms with E-state index < -0.39 is 64.5 Å². The molecule has 1 aliphatic carbocycles. The fourth-order valence-corrected chi connectivity index (χ4v) is 6.16. The van der Waals surface area contributed by atoms with E-state index in [0.717, 1.165) is 5.56 Å². The number of aromatic nitrogens is 4. The first-order chi connectivity index (χ1) is 23.5. The van der Waals surface area contributed by atoms with Crippen molar-refractivity contribution in [2.24, 2.45) is 11.3 Å². The predicted octanol–water partition coefficient (Wildman–Crippen LogP) is 4.24. The van der Waals surface area contributed by atoms with Crippen LogP contribution in [0.4, 0.5) is 4.79 Å². The van der Waals surface area contributed by atoms with Gasteiger partial charge in [0.25, 0.3) is 0 Å². The second-order valence-corrected chi connectivity index (χ2v) is 14.8. The summed E-state index contributed by atoms with van der Waals surface area (Å²) in [6.07, 6.45) is 4.32. The molecule has 3 heterocycles. The SMILES string of the molecule is C=CC1CC1(NC(=O)C1CC(n2nc(-c3ccc(OC)cc3)c(-c3cccnc3)n2)CN1C(=O)C(NC(=O)OC(C)(C)C)C(C)(C)C)C(=O)O. The average Bonchev–Trinajstić information content (AvgIpc) is 3.37. The summed E-state index contributed by atoms with van der Waals surface area (Å²) in [5.74, 6) is -2.12. The standard InChI is InChI=1S/C36H45N7O7/c1-9-23-18-36(23,32(46)47)39-30(44)26-17-24(20-42(26)31(45)29(34(2,3)4)38-33(48)50-35(5,6)7)43-40-27(21-12-14-25(49-8)15-13-21)28(41-43)22-11-10-16-37-19-22/h9-16,19,23-24,26,29H,1,17-18,20H2,2-8H3,(H,38,48)(H,39,44)(H,46,47). The lowest BCUT2D eigenvalue weighted by molar-refractivity contribution is -0.146. The minimum absolute atomic E-state index is 0.00761. The average molecular weight is 688 g/mol. The van der Waals surface area contributed by atoms with Gasteiger partial charge in [-0.05, 0) is 69.0 Å². The van der Waals surface area contributed by atoms with E-state index >= 15 is 0 Å². The third-order valence-electron chi connectivity index (χ3n) is 8.92. The highest BCUT2D eigenvalue weighted by atomic mass is 16.6. The zero-order chi connectivity index (χ0) is 36.6. The molecule has 2 aliphatic rings. The molecule has 5 rings (SSSR count). The maximum absolute atomic E-state index is 14.5. The van der Waals surface area contributed by atoms with Gasteiger partial charge in [0.05, 0.1) is 13.2 Å². The molecule has 3 amide bonds. The molecule has 1 aromatic carbocycles. The highest BCUT2D eigenvalue weighted by molar-refractivity contribution is 5.96. The molecule has 0 bridgehead atoms. The molecule has 0 radical (unpaired) electrons. The van der Waals surface area contributed by atoms with Gasteiger partial charge >= 0.3 is 12.1 Å². The van der Waals surface area contributed by atoms with Crippen molar-refractivity contribution in [3.05, 3.63) is 61.4 Å². The summed E-state index contributed by atoms with van der Waals surface area (Å²) < 4.78 is 10.8. The number of carboxylic acid groups (broad SMARTS) is 1. The second-order valence-electron chi connectivity index (χ2n) is 14.8. The Labute approximate surface area is 291 Å². The Morgan fingerprint density at radius 3 is 2.22 bits per heavy atom. The molecule has 1 aliphatic heterocycles. The first kappa shape index (κ1) is 36.0. The van der Waals surface area contributed by atoms with Gasteiger partial charge in [-0.2, -0.15) is 15.0 Å². The summed E-state index contributed by atoms with van der Waals surface area (Å²) in [4.78, 5) is 60.9. The molecule has 1 saturated heterocycles. The number of pyridine rings is 1. The molecule has 3 N–H and O–H groups in total. The van der Waals surface area contributed by atoms with Crippen LogP contribution in [-0.4, -0.2) is 90.7 Å². The Morgan fingerprint density at radius 1 is 1.04 bits per heavy atom. The number of ether oxygens (including phenoxy) is 2. The van der Waals surface area contributed by atoms with E-state index in [4.69, 9.17) is 19.7 Å². The van der Waals surface area contributed by atoms with Crippen molar-refractivity contribution in [3.63, 3.8) is 0 Å². The minimum atomic E-state index is -1.51. The number of likely N-dealkylation sites (tertiary alicyclic amines) is 1. The van der Waals surface area contributed by atoms with Crippen molar-refractivity contribution in [3.8, 4) is 28.3 Å². The van der Waals surface area contributed by atoms with Crippen LogP contribution in [0.25, 0.3) is 22.5 Å². The summed E-state index contributed by atoms with van der Waals surface area (Å²) in [7, 11) is 1.58.